The topological polar surface area (TPSA) is 29.3 Å². The lowest BCUT2D eigenvalue weighted by Gasteiger charge is -2.60. The highest BCUT2D eigenvalue weighted by Gasteiger charge is 2.55. The average molecular weight is 362 g/mol. The van der Waals surface area contributed by atoms with Crippen LogP contribution in [-0.2, 0) is 0 Å². The van der Waals surface area contributed by atoms with Crippen LogP contribution in [0.25, 0.3) is 5.65 Å². The number of nitrogens with one attached hydrogen (secondary N) is 1. The Balaban J connectivity index is 1.36. The molecule has 5 fully saturated rings. The van der Waals surface area contributed by atoms with Gasteiger partial charge < -0.3 is 5.32 Å². The van der Waals surface area contributed by atoms with Gasteiger partial charge in [-0.15, -0.1) is 6.58 Å². The SMILES string of the molecule is C=C(C)CC1C2CC3CC1CC(Nc1c(C4CC4)nc4ccccn14)(C3)C2. The number of fused-ring (bicyclic) bond motifs is 1. The number of allylic oxidation sites excluding steroid dienone is 1. The molecular formula is C24H31N3. The van der Waals surface area contributed by atoms with Crippen molar-refractivity contribution in [3.05, 3.63) is 42.2 Å². The van der Waals surface area contributed by atoms with Crippen LogP contribution in [0.4, 0.5) is 5.82 Å². The van der Waals surface area contributed by atoms with E-state index in [0.717, 1.165) is 29.3 Å². The molecule has 142 valence electrons. The molecule has 2 unspecified atom stereocenters. The van der Waals surface area contributed by atoms with Crippen LogP contribution in [0, 0.1) is 23.7 Å². The average Bonchev–Trinajstić information content (AvgIpc) is 3.41. The summed E-state index contributed by atoms with van der Waals surface area (Å²) in [6.45, 7) is 6.45. The van der Waals surface area contributed by atoms with E-state index in [1.54, 1.807) is 0 Å². The molecule has 5 aliphatic rings. The van der Waals surface area contributed by atoms with Gasteiger partial charge in [0.25, 0.3) is 0 Å². The van der Waals surface area contributed by atoms with Gasteiger partial charge in [-0.05, 0) is 94.1 Å². The minimum atomic E-state index is 0.303. The fraction of sp³-hybridized carbons (Fsp3) is 0.625. The Morgan fingerprint density at radius 1 is 1.22 bits per heavy atom. The van der Waals surface area contributed by atoms with E-state index in [9.17, 15) is 0 Å². The Bertz CT molecular complexity index is 889. The van der Waals surface area contributed by atoms with E-state index in [2.05, 4.69) is 47.6 Å². The standard InChI is InChI=1S/C24H31N3/c1-15(2)9-20-18-10-16-11-19(20)14-24(12-16,13-18)26-23-22(17-6-7-17)25-21-5-3-4-8-27(21)23/h3-5,8,16-20,26H,1,6-7,9-14H2,2H3. The van der Waals surface area contributed by atoms with Crippen LogP contribution in [0.15, 0.2) is 36.5 Å². The quantitative estimate of drug-likeness (QED) is 0.684. The Morgan fingerprint density at radius 3 is 2.70 bits per heavy atom. The van der Waals surface area contributed by atoms with Crippen molar-refractivity contribution in [1.29, 1.82) is 0 Å². The smallest absolute Gasteiger partial charge is 0.138 e. The fourth-order valence-corrected chi connectivity index (χ4v) is 7.05. The summed E-state index contributed by atoms with van der Waals surface area (Å²) in [5.41, 5.74) is 4.12. The third-order valence-electron chi connectivity index (χ3n) is 7.96. The van der Waals surface area contributed by atoms with Crippen molar-refractivity contribution in [3.63, 3.8) is 0 Å². The van der Waals surface area contributed by atoms with Crippen LogP contribution in [0.2, 0.25) is 0 Å². The predicted octanol–water partition coefficient (Wildman–Crippen LogP) is 5.78. The second-order valence-electron chi connectivity index (χ2n) is 10.2. The summed E-state index contributed by atoms with van der Waals surface area (Å²) >= 11 is 0. The van der Waals surface area contributed by atoms with Gasteiger partial charge in [-0.2, -0.15) is 0 Å². The number of rotatable bonds is 5. The number of imidazole rings is 1. The van der Waals surface area contributed by atoms with Gasteiger partial charge in [0.15, 0.2) is 0 Å². The minimum Gasteiger partial charge on any atom is -0.364 e. The van der Waals surface area contributed by atoms with E-state index < -0.39 is 0 Å². The van der Waals surface area contributed by atoms with Gasteiger partial charge in [0.1, 0.15) is 11.5 Å². The van der Waals surface area contributed by atoms with E-state index >= 15 is 0 Å². The molecule has 2 heterocycles. The minimum absolute atomic E-state index is 0.303. The van der Waals surface area contributed by atoms with E-state index in [1.165, 1.54) is 68.5 Å². The van der Waals surface area contributed by atoms with Crippen molar-refractivity contribution < 1.29 is 0 Å². The van der Waals surface area contributed by atoms with Crippen LogP contribution in [0.3, 0.4) is 0 Å². The lowest BCUT2D eigenvalue weighted by molar-refractivity contribution is -0.0427. The summed E-state index contributed by atoms with van der Waals surface area (Å²) in [7, 11) is 0. The fourth-order valence-electron chi connectivity index (χ4n) is 7.05. The lowest BCUT2D eigenvalue weighted by Crippen LogP contribution is -2.58. The summed E-state index contributed by atoms with van der Waals surface area (Å²) in [4.78, 5) is 5.02. The molecule has 0 radical (unpaired) electrons. The molecule has 0 aromatic carbocycles. The van der Waals surface area contributed by atoms with Gasteiger partial charge in [0.2, 0.25) is 0 Å². The summed E-state index contributed by atoms with van der Waals surface area (Å²) in [6, 6.07) is 6.40. The van der Waals surface area contributed by atoms with Crippen molar-refractivity contribution in [2.24, 2.45) is 23.7 Å². The third-order valence-corrected chi connectivity index (χ3v) is 7.96. The largest absolute Gasteiger partial charge is 0.364 e. The Kier molecular flexibility index (Phi) is 3.37. The monoisotopic (exact) mass is 361 g/mol. The first kappa shape index (κ1) is 16.2. The molecule has 0 spiro atoms. The summed E-state index contributed by atoms with van der Waals surface area (Å²) in [6.07, 6.45) is 13.0. The first-order chi connectivity index (χ1) is 13.1. The zero-order valence-corrected chi connectivity index (χ0v) is 16.5. The molecule has 2 aromatic rings. The molecule has 2 aromatic heterocycles. The second kappa shape index (κ2) is 5.62. The normalized spacial score (nSPS) is 37.1. The van der Waals surface area contributed by atoms with Crippen LogP contribution >= 0.6 is 0 Å². The van der Waals surface area contributed by atoms with Crippen LogP contribution < -0.4 is 5.32 Å². The van der Waals surface area contributed by atoms with Crippen LogP contribution in [0.5, 0.6) is 0 Å². The number of hydrogen-bond acceptors (Lipinski definition) is 2. The van der Waals surface area contributed by atoms with Crippen LogP contribution in [0.1, 0.15) is 69.9 Å². The van der Waals surface area contributed by atoms with E-state index in [4.69, 9.17) is 4.98 Å². The number of aromatic nitrogens is 2. The molecule has 1 N–H and O–H groups in total. The molecule has 2 atom stereocenters. The van der Waals surface area contributed by atoms with Crippen molar-refractivity contribution in [1.82, 2.24) is 9.38 Å². The highest BCUT2D eigenvalue weighted by atomic mass is 15.2. The van der Waals surface area contributed by atoms with Gasteiger partial charge in [-0.25, -0.2) is 4.98 Å². The summed E-state index contributed by atoms with van der Waals surface area (Å²) < 4.78 is 2.32. The van der Waals surface area contributed by atoms with E-state index in [1.807, 2.05) is 0 Å². The van der Waals surface area contributed by atoms with E-state index in [0.29, 0.717) is 11.5 Å². The van der Waals surface area contributed by atoms with Gasteiger partial charge in [0.05, 0.1) is 5.69 Å². The highest BCUT2D eigenvalue weighted by Crippen LogP contribution is 2.60. The zero-order valence-electron chi connectivity index (χ0n) is 16.5. The first-order valence-electron chi connectivity index (χ1n) is 11.0. The Hall–Kier alpha value is -1.77. The summed E-state index contributed by atoms with van der Waals surface area (Å²) in [5.74, 6) is 5.59. The van der Waals surface area contributed by atoms with Crippen LogP contribution in [-0.4, -0.2) is 14.9 Å². The summed E-state index contributed by atoms with van der Waals surface area (Å²) in [5, 5.41) is 4.15. The molecule has 0 saturated heterocycles. The molecule has 27 heavy (non-hydrogen) atoms. The Morgan fingerprint density at radius 2 is 2.00 bits per heavy atom. The first-order valence-corrected chi connectivity index (χ1v) is 11.0. The van der Waals surface area contributed by atoms with Crippen molar-refractivity contribution >= 4 is 11.5 Å². The molecular weight excluding hydrogens is 330 g/mol. The number of pyridine rings is 1. The second-order valence-corrected chi connectivity index (χ2v) is 10.2. The van der Waals surface area contributed by atoms with Crippen molar-refractivity contribution in [2.75, 3.05) is 5.32 Å². The molecule has 7 rings (SSSR count). The molecule has 0 aliphatic heterocycles. The zero-order chi connectivity index (χ0) is 18.2. The van der Waals surface area contributed by atoms with Gasteiger partial charge in [0, 0.05) is 17.7 Å². The number of anilines is 1. The molecule has 0 amide bonds. The number of nitrogens with zero attached hydrogens (tertiary/aromatic N) is 2. The van der Waals surface area contributed by atoms with Gasteiger partial charge in [-0.1, -0.05) is 11.6 Å². The Labute approximate surface area is 162 Å². The molecule has 3 nitrogen and oxygen atoms in total. The number of hydrogen-bond donors (Lipinski definition) is 1. The third kappa shape index (κ3) is 2.57. The maximum absolute atomic E-state index is 5.02. The molecule has 5 saturated carbocycles. The molecule has 4 bridgehead atoms. The van der Waals surface area contributed by atoms with Gasteiger partial charge in [-0.3, -0.25) is 4.40 Å². The van der Waals surface area contributed by atoms with Gasteiger partial charge >= 0.3 is 0 Å². The predicted molar refractivity (Wildman–Crippen MR) is 110 cm³/mol. The molecule has 3 heteroatoms. The highest BCUT2D eigenvalue weighted by molar-refractivity contribution is 5.58. The molecule has 5 aliphatic carbocycles. The lowest BCUT2D eigenvalue weighted by atomic mass is 9.48. The van der Waals surface area contributed by atoms with E-state index in [-0.39, 0.29) is 0 Å². The van der Waals surface area contributed by atoms with Crippen molar-refractivity contribution in [2.45, 2.75) is 69.7 Å². The maximum atomic E-state index is 5.02. The maximum Gasteiger partial charge on any atom is 0.138 e. The van der Waals surface area contributed by atoms with Crippen molar-refractivity contribution in [3.8, 4) is 0 Å².